The molecule has 0 bridgehead atoms. The van der Waals surface area contributed by atoms with Crippen molar-refractivity contribution in [1.82, 2.24) is 0 Å². The third-order valence-electron chi connectivity index (χ3n) is 2.15. The summed E-state index contributed by atoms with van der Waals surface area (Å²) in [7, 11) is 1.71. The molecule has 0 spiro atoms. The summed E-state index contributed by atoms with van der Waals surface area (Å²) in [4.78, 5) is 0. The second kappa shape index (κ2) is 8.92. The molecule has 0 amide bonds. The zero-order valence-corrected chi connectivity index (χ0v) is 10.8. The van der Waals surface area contributed by atoms with Crippen LogP contribution in [0.5, 0.6) is 5.75 Å². The summed E-state index contributed by atoms with van der Waals surface area (Å²) < 4.78 is 10.6. The van der Waals surface area contributed by atoms with E-state index in [1.807, 2.05) is 24.3 Å². The van der Waals surface area contributed by atoms with Crippen molar-refractivity contribution >= 4 is 11.6 Å². The van der Waals surface area contributed by atoms with Gasteiger partial charge in [-0.15, -0.1) is 11.6 Å². The Balaban J connectivity index is 2.38. The highest BCUT2D eigenvalue weighted by Gasteiger charge is 1.95. The number of benzene rings is 1. The molecule has 0 aromatic heterocycles. The van der Waals surface area contributed by atoms with E-state index in [4.69, 9.17) is 21.1 Å². The predicted molar refractivity (Wildman–Crippen MR) is 70.6 cm³/mol. The number of unbranched alkanes of at least 4 members (excludes halogenated alkanes) is 1. The first kappa shape index (κ1) is 13.9. The summed E-state index contributed by atoms with van der Waals surface area (Å²) in [6, 6.07) is 7.73. The summed E-state index contributed by atoms with van der Waals surface area (Å²) in [6.07, 6.45) is 2.01. The number of alkyl halides is 1. The van der Waals surface area contributed by atoms with Gasteiger partial charge in [0, 0.05) is 19.3 Å². The second-order valence-electron chi connectivity index (χ2n) is 3.51. The summed E-state index contributed by atoms with van der Waals surface area (Å²) in [5, 5.41) is 0. The molecule has 0 aliphatic heterocycles. The van der Waals surface area contributed by atoms with Crippen LogP contribution in [0.4, 0.5) is 0 Å². The third-order valence-corrected chi connectivity index (χ3v) is 2.28. The van der Waals surface area contributed by atoms with Crippen molar-refractivity contribution in [2.45, 2.75) is 12.8 Å². The van der Waals surface area contributed by atoms with E-state index in [0.29, 0.717) is 12.5 Å². The van der Waals surface area contributed by atoms with Crippen LogP contribution >= 0.6 is 11.6 Å². The Kier molecular flexibility index (Phi) is 7.29. The van der Waals surface area contributed by atoms with Crippen molar-refractivity contribution in [3.63, 3.8) is 0 Å². The van der Waals surface area contributed by atoms with Gasteiger partial charge < -0.3 is 9.47 Å². The first-order chi connectivity index (χ1) is 8.36. The molecule has 0 aliphatic rings. The van der Waals surface area contributed by atoms with E-state index >= 15 is 0 Å². The number of methoxy groups -OCH3 is 1. The minimum atomic E-state index is 0.349. The van der Waals surface area contributed by atoms with Crippen molar-refractivity contribution in [2.75, 3.05) is 26.2 Å². The fourth-order valence-corrected chi connectivity index (χ4v) is 1.40. The fraction of sp³-hybridized carbons (Fsp3) is 0.429. The molecule has 1 rings (SSSR count). The van der Waals surface area contributed by atoms with E-state index in [0.717, 1.165) is 30.8 Å². The summed E-state index contributed by atoms with van der Waals surface area (Å²) in [5.74, 6) is 6.98. The maximum atomic E-state index is 5.62. The number of rotatable bonds is 6. The Labute approximate surface area is 108 Å². The van der Waals surface area contributed by atoms with Gasteiger partial charge in [0.15, 0.2) is 0 Å². The van der Waals surface area contributed by atoms with Gasteiger partial charge in [0.1, 0.15) is 5.75 Å². The van der Waals surface area contributed by atoms with E-state index < -0.39 is 0 Å². The minimum absolute atomic E-state index is 0.349. The maximum absolute atomic E-state index is 5.62. The average molecular weight is 253 g/mol. The summed E-state index contributed by atoms with van der Waals surface area (Å²) in [5.41, 5.74) is 0.931. The zero-order chi connectivity index (χ0) is 12.3. The van der Waals surface area contributed by atoms with Crippen molar-refractivity contribution in [3.05, 3.63) is 29.8 Å². The molecular weight excluding hydrogens is 236 g/mol. The molecule has 1 aromatic carbocycles. The van der Waals surface area contributed by atoms with E-state index in [-0.39, 0.29) is 0 Å². The largest absolute Gasteiger partial charge is 0.494 e. The van der Waals surface area contributed by atoms with Crippen LogP contribution in [0.1, 0.15) is 18.4 Å². The van der Waals surface area contributed by atoms with Crippen LogP contribution in [0.3, 0.4) is 0 Å². The third kappa shape index (κ3) is 6.21. The van der Waals surface area contributed by atoms with Gasteiger partial charge in [-0.1, -0.05) is 17.9 Å². The van der Waals surface area contributed by atoms with Crippen LogP contribution in [0, 0.1) is 11.8 Å². The number of hydrogen-bond acceptors (Lipinski definition) is 2. The van der Waals surface area contributed by atoms with Crippen LogP contribution in [0.25, 0.3) is 0 Å². The molecule has 2 nitrogen and oxygen atoms in total. The van der Waals surface area contributed by atoms with Gasteiger partial charge in [0.2, 0.25) is 0 Å². The molecular formula is C14H17ClO2. The van der Waals surface area contributed by atoms with Gasteiger partial charge in [0.25, 0.3) is 0 Å². The molecule has 1 aromatic rings. The molecule has 17 heavy (non-hydrogen) atoms. The summed E-state index contributed by atoms with van der Waals surface area (Å²) >= 11 is 5.51. The van der Waals surface area contributed by atoms with Gasteiger partial charge >= 0.3 is 0 Å². The number of halogens is 1. The van der Waals surface area contributed by atoms with Crippen LogP contribution < -0.4 is 4.74 Å². The monoisotopic (exact) mass is 252 g/mol. The average Bonchev–Trinajstić information content (AvgIpc) is 2.37. The van der Waals surface area contributed by atoms with E-state index in [9.17, 15) is 0 Å². The first-order valence-electron chi connectivity index (χ1n) is 5.63. The molecule has 3 heteroatoms. The van der Waals surface area contributed by atoms with Gasteiger partial charge in [-0.25, -0.2) is 0 Å². The Morgan fingerprint density at radius 2 is 2.06 bits per heavy atom. The number of ether oxygens (including phenoxy) is 2. The quantitative estimate of drug-likeness (QED) is 0.440. The van der Waals surface area contributed by atoms with Gasteiger partial charge in [-0.2, -0.15) is 0 Å². The Morgan fingerprint density at radius 1 is 1.24 bits per heavy atom. The van der Waals surface area contributed by atoms with Crippen LogP contribution in [-0.2, 0) is 4.74 Å². The lowest BCUT2D eigenvalue weighted by atomic mass is 10.2. The second-order valence-corrected chi connectivity index (χ2v) is 3.78. The topological polar surface area (TPSA) is 18.5 Å². The molecule has 0 atom stereocenters. The Bertz CT molecular complexity index is 379. The summed E-state index contributed by atoms with van der Waals surface area (Å²) in [6.45, 7) is 1.49. The van der Waals surface area contributed by atoms with Crippen molar-refractivity contribution < 1.29 is 9.47 Å². The first-order valence-corrected chi connectivity index (χ1v) is 6.17. The van der Waals surface area contributed by atoms with Crippen LogP contribution in [0.15, 0.2) is 24.3 Å². The lowest BCUT2D eigenvalue weighted by molar-refractivity contribution is 0.184. The molecule has 0 N–H and O–H groups in total. The van der Waals surface area contributed by atoms with E-state index in [1.54, 1.807) is 7.11 Å². The molecule has 0 radical (unpaired) electrons. The highest BCUT2D eigenvalue weighted by atomic mass is 35.5. The predicted octanol–water partition coefficient (Wildman–Crippen LogP) is 3.08. The normalized spacial score (nSPS) is 9.53. The fourth-order valence-electron chi connectivity index (χ4n) is 1.34. The molecule has 92 valence electrons. The molecule has 0 unspecified atom stereocenters. The lowest BCUT2D eigenvalue weighted by Crippen LogP contribution is -1.99. The van der Waals surface area contributed by atoms with Crippen molar-refractivity contribution in [1.29, 1.82) is 0 Å². The number of hydrogen-bond donors (Lipinski definition) is 0. The van der Waals surface area contributed by atoms with Crippen molar-refractivity contribution in [2.24, 2.45) is 0 Å². The molecule has 0 fully saturated rings. The standard InChI is InChI=1S/C14H17ClO2/c1-16-10-2-3-11-17-14-8-4-6-13(12-14)7-5-9-15/h4,6,8,12H,2-3,9-11H2,1H3. The zero-order valence-electron chi connectivity index (χ0n) is 10.0. The van der Waals surface area contributed by atoms with E-state index in [1.165, 1.54) is 0 Å². The Hall–Kier alpha value is -1.17. The molecule has 0 aliphatic carbocycles. The van der Waals surface area contributed by atoms with Crippen LogP contribution in [0.2, 0.25) is 0 Å². The molecule has 0 saturated heterocycles. The van der Waals surface area contributed by atoms with Gasteiger partial charge in [-0.3, -0.25) is 0 Å². The van der Waals surface area contributed by atoms with Crippen LogP contribution in [-0.4, -0.2) is 26.2 Å². The van der Waals surface area contributed by atoms with Crippen molar-refractivity contribution in [3.8, 4) is 17.6 Å². The molecule has 0 saturated carbocycles. The lowest BCUT2D eigenvalue weighted by Gasteiger charge is -2.06. The highest BCUT2D eigenvalue weighted by molar-refractivity contribution is 6.19. The minimum Gasteiger partial charge on any atom is -0.494 e. The highest BCUT2D eigenvalue weighted by Crippen LogP contribution is 2.13. The molecule has 0 heterocycles. The SMILES string of the molecule is COCCCCOc1cccc(C#CCCl)c1. The van der Waals surface area contributed by atoms with Gasteiger partial charge in [-0.05, 0) is 31.0 Å². The smallest absolute Gasteiger partial charge is 0.120 e. The van der Waals surface area contributed by atoms with Gasteiger partial charge in [0.05, 0.1) is 12.5 Å². The Morgan fingerprint density at radius 3 is 2.82 bits per heavy atom. The maximum Gasteiger partial charge on any atom is 0.120 e. The van der Waals surface area contributed by atoms with E-state index in [2.05, 4.69) is 11.8 Å².